The highest BCUT2D eigenvalue weighted by atomic mass is 15.1. The van der Waals surface area contributed by atoms with Crippen LogP contribution in [0.1, 0.15) is 33.0 Å². The predicted octanol–water partition coefficient (Wildman–Crippen LogP) is 3.02. The molecule has 1 N–H and O–H groups in total. The van der Waals surface area contributed by atoms with Crippen LogP contribution >= 0.6 is 0 Å². The van der Waals surface area contributed by atoms with Crippen LogP contribution in [-0.2, 0) is 6.54 Å². The van der Waals surface area contributed by atoms with Gasteiger partial charge in [-0.25, -0.2) is 4.98 Å². The zero-order valence-electron chi connectivity index (χ0n) is 12.6. The number of rotatable bonds is 5. The van der Waals surface area contributed by atoms with E-state index >= 15 is 0 Å². The standard InChI is InChI=1S/C16H22N4/c1-12(2)19-16(4,11-17)9-10-20-13(3)18-14-7-5-6-8-15(14)20/h5-8,12,19H,9-10H2,1-4H3. The zero-order valence-corrected chi connectivity index (χ0v) is 12.6. The van der Waals surface area contributed by atoms with Crippen LogP contribution < -0.4 is 5.32 Å². The van der Waals surface area contributed by atoms with E-state index in [1.807, 2.05) is 32.0 Å². The topological polar surface area (TPSA) is 53.6 Å². The smallest absolute Gasteiger partial charge is 0.106 e. The van der Waals surface area contributed by atoms with Gasteiger partial charge in [0.1, 0.15) is 11.4 Å². The number of nitrogens with one attached hydrogen (secondary N) is 1. The van der Waals surface area contributed by atoms with Gasteiger partial charge in [-0.3, -0.25) is 5.32 Å². The molecule has 0 radical (unpaired) electrons. The van der Waals surface area contributed by atoms with Gasteiger partial charge in [0.15, 0.2) is 0 Å². The van der Waals surface area contributed by atoms with Gasteiger partial charge in [-0.05, 0) is 46.2 Å². The van der Waals surface area contributed by atoms with Gasteiger partial charge in [0.05, 0.1) is 17.1 Å². The Labute approximate surface area is 120 Å². The van der Waals surface area contributed by atoms with Gasteiger partial charge in [-0.2, -0.15) is 5.26 Å². The summed E-state index contributed by atoms with van der Waals surface area (Å²) in [4.78, 5) is 4.56. The van der Waals surface area contributed by atoms with Crippen LogP contribution in [0.4, 0.5) is 0 Å². The molecule has 0 bridgehead atoms. The molecule has 4 nitrogen and oxygen atoms in total. The van der Waals surface area contributed by atoms with Crippen LogP contribution in [0.2, 0.25) is 0 Å². The van der Waals surface area contributed by atoms with Crippen molar-refractivity contribution in [1.29, 1.82) is 5.26 Å². The van der Waals surface area contributed by atoms with E-state index in [0.29, 0.717) is 6.04 Å². The number of para-hydroxylation sites is 2. The molecule has 0 spiro atoms. The first-order valence-electron chi connectivity index (χ1n) is 7.06. The fourth-order valence-corrected chi connectivity index (χ4v) is 2.61. The Morgan fingerprint density at radius 1 is 1.40 bits per heavy atom. The molecule has 1 atom stereocenters. The number of hydrogen-bond acceptors (Lipinski definition) is 3. The molecule has 4 heteroatoms. The summed E-state index contributed by atoms with van der Waals surface area (Å²) < 4.78 is 2.19. The van der Waals surface area contributed by atoms with Gasteiger partial charge in [0.25, 0.3) is 0 Å². The van der Waals surface area contributed by atoms with Gasteiger partial charge >= 0.3 is 0 Å². The minimum Gasteiger partial charge on any atom is -0.328 e. The molecule has 1 aromatic carbocycles. The maximum atomic E-state index is 9.41. The number of hydrogen-bond donors (Lipinski definition) is 1. The van der Waals surface area contributed by atoms with Crippen molar-refractivity contribution in [2.75, 3.05) is 0 Å². The van der Waals surface area contributed by atoms with Crippen LogP contribution in [0, 0.1) is 18.3 Å². The number of nitriles is 1. The first-order chi connectivity index (χ1) is 9.45. The monoisotopic (exact) mass is 270 g/mol. The fourth-order valence-electron chi connectivity index (χ4n) is 2.61. The lowest BCUT2D eigenvalue weighted by Gasteiger charge is -2.26. The molecule has 0 aliphatic heterocycles. The van der Waals surface area contributed by atoms with E-state index in [4.69, 9.17) is 0 Å². The molecule has 0 aliphatic carbocycles. The van der Waals surface area contributed by atoms with Gasteiger partial charge in [0, 0.05) is 12.6 Å². The minimum atomic E-state index is -0.508. The Balaban J connectivity index is 2.21. The van der Waals surface area contributed by atoms with E-state index in [-0.39, 0.29) is 0 Å². The van der Waals surface area contributed by atoms with Crippen molar-refractivity contribution < 1.29 is 0 Å². The summed E-state index contributed by atoms with van der Waals surface area (Å²) in [5, 5.41) is 12.7. The third-order valence-electron chi connectivity index (χ3n) is 3.53. The molecule has 106 valence electrons. The quantitative estimate of drug-likeness (QED) is 0.908. The summed E-state index contributed by atoms with van der Waals surface area (Å²) in [6.07, 6.45) is 0.753. The van der Waals surface area contributed by atoms with Crippen LogP contribution in [-0.4, -0.2) is 21.1 Å². The van der Waals surface area contributed by atoms with Crippen molar-refractivity contribution in [1.82, 2.24) is 14.9 Å². The number of aromatic nitrogens is 2. The van der Waals surface area contributed by atoms with Crippen molar-refractivity contribution in [3.63, 3.8) is 0 Å². The SMILES string of the molecule is Cc1nc2ccccc2n1CCC(C)(C#N)NC(C)C. The van der Waals surface area contributed by atoms with Gasteiger partial charge < -0.3 is 4.57 Å². The summed E-state index contributed by atoms with van der Waals surface area (Å²) in [5.41, 5.74) is 1.64. The van der Waals surface area contributed by atoms with Gasteiger partial charge in [-0.15, -0.1) is 0 Å². The molecule has 2 aromatic rings. The highest BCUT2D eigenvalue weighted by Gasteiger charge is 2.24. The third kappa shape index (κ3) is 3.00. The van der Waals surface area contributed by atoms with Crippen LogP contribution in [0.25, 0.3) is 11.0 Å². The molecular formula is C16H22N4. The number of benzene rings is 1. The average molecular weight is 270 g/mol. The lowest BCUT2D eigenvalue weighted by molar-refractivity contribution is 0.363. The van der Waals surface area contributed by atoms with E-state index in [1.165, 1.54) is 0 Å². The Morgan fingerprint density at radius 2 is 2.10 bits per heavy atom. The molecule has 0 saturated heterocycles. The largest absolute Gasteiger partial charge is 0.328 e. The molecule has 1 unspecified atom stereocenters. The molecule has 20 heavy (non-hydrogen) atoms. The van der Waals surface area contributed by atoms with E-state index in [0.717, 1.165) is 29.8 Å². The number of imidazole rings is 1. The first kappa shape index (κ1) is 14.5. The van der Waals surface area contributed by atoms with Gasteiger partial charge in [-0.1, -0.05) is 12.1 Å². The second-order valence-electron chi connectivity index (χ2n) is 5.79. The Bertz CT molecular complexity index is 635. The van der Waals surface area contributed by atoms with Crippen molar-refractivity contribution in [3.05, 3.63) is 30.1 Å². The van der Waals surface area contributed by atoms with Crippen molar-refractivity contribution >= 4 is 11.0 Å². The summed E-state index contributed by atoms with van der Waals surface area (Å²) in [6.45, 7) is 8.89. The molecule has 1 heterocycles. The predicted molar refractivity (Wildman–Crippen MR) is 81.4 cm³/mol. The van der Waals surface area contributed by atoms with E-state index < -0.39 is 5.54 Å². The van der Waals surface area contributed by atoms with Crippen LogP contribution in [0.15, 0.2) is 24.3 Å². The average Bonchev–Trinajstić information content (AvgIpc) is 2.71. The molecule has 0 aliphatic rings. The first-order valence-corrected chi connectivity index (χ1v) is 7.06. The number of aryl methyl sites for hydroxylation is 2. The highest BCUT2D eigenvalue weighted by Crippen LogP contribution is 2.18. The molecular weight excluding hydrogens is 248 g/mol. The highest BCUT2D eigenvalue weighted by molar-refractivity contribution is 5.75. The lowest BCUT2D eigenvalue weighted by Crippen LogP contribution is -2.45. The molecule has 0 fully saturated rings. The number of nitrogens with zero attached hydrogens (tertiary/aromatic N) is 3. The lowest BCUT2D eigenvalue weighted by atomic mass is 9.98. The second kappa shape index (κ2) is 5.64. The van der Waals surface area contributed by atoms with Crippen molar-refractivity contribution in [2.24, 2.45) is 0 Å². The normalized spacial score (nSPS) is 14.4. The summed E-state index contributed by atoms with van der Waals surface area (Å²) in [7, 11) is 0. The maximum Gasteiger partial charge on any atom is 0.106 e. The molecule has 0 amide bonds. The Morgan fingerprint density at radius 3 is 2.75 bits per heavy atom. The maximum absolute atomic E-state index is 9.41. The zero-order chi connectivity index (χ0) is 14.8. The van der Waals surface area contributed by atoms with E-state index in [2.05, 4.69) is 40.9 Å². The van der Waals surface area contributed by atoms with Crippen LogP contribution in [0.5, 0.6) is 0 Å². The molecule has 2 rings (SSSR count). The van der Waals surface area contributed by atoms with Crippen LogP contribution in [0.3, 0.4) is 0 Å². The minimum absolute atomic E-state index is 0.292. The second-order valence-corrected chi connectivity index (χ2v) is 5.79. The Kier molecular flexibility index (Phi) is 4.10. The van der Waals surface area contributed by atoms with Gasteiger partial charge in [0.2, 0.25) is 0 Å². The summed E-state index contributed by atoms with van der Waals surface area (Å²) in [5.74, 6) is 0.996. The molecule has 1 aromatic heterocycles. The summed E-state index contributed by atoms with van der Waals surface area (Å²) >= 11 is 0. The van der Waals surface area contributed by atoms with E-state index in [9.17, 15) is 5.26 Å². The third-order valence-corrected chi connectivity index (χ3v) is 3.53. The van der Waals surface area contributed by atoms with E-state index in [1.54, 1.807) is 0 Å². The summed E-state index contributed by atoms with van der Waals surface area (Å²) in [6, 6.07) is 10.8. The fraction of sp³-hybridized carbons (Fsp3) is 0.500. The number of fused-ring (bicyclic) bond motifs is 1. The van der Waals surface area contributed by atoms with Crippen molar-refractivity contribution in [3.8, 4) is 6.07 Å². The van der Waals surface area contributed by atoms with Crippen molar-refractivity contribution in [2.45, 2.75) is 52.2 Å². The molecule has 0 saturated carbocycles. The Hall–Kier alpha value is -1.86.